The lowest BCUT2D eigenvalue weighted by Gasteiger charge is -2.19. The number of nitrogens with one attached hydrogen (secondary N) is 1. The number of carbonyl (C=O) groups is 2. The van der Waals surface area contributed by atoms with Crippen LogP contribution in [0.1, 0.15) is 18.4 Å². The van der Waals surface area contributed by atoms with Gasteiger partial charge in [0, 0.05) is 18.5 Å². The number of ether oxygens (including phenoxy) is 1. The Labute approximate surface area is 174 Å². The van der Waals surface area contributed by atoms with Gasteiger partial charge in [-0.25, -0.2) is 13.3 Å². The van der Waals surface area contributed by atoms with Crippen molar-refractivity contribution in [1.29, 1.82) is 0 Å². The number of halogens is 4. The molecule has 2 amide bonds. The standard InChI is InChI=1S/C18H14ClF3N2O5S/c1-29-15-5-3-11(9-14(15)24-16(25)6-7-17(24)26)30(27,28)23-10-2-4-13(19)12(8-10)18(20,21)22/h2-5,8-9,23H,6-7H2,1H3. The Morgan fingerprint density at radius 2 is 1.70 bits per heavy atom. The highest BCUT2D eigenvalue weighted by Gasteiger charge is 2.35. The SMILES string of the molecule is COc1ccc(S(=O)(=O)Nc2ccc(Cl)c(C(F)(F)F)c2)cc1N1C(=O)CCC1=O. The Balaban J connectivity index is 2.00. The molecule has 1 aliphatic rings. The number of alkyl halides is 3. The number of methoxy groups -OCH3 is 1. The molecule has 160 valence electrons. The van der Waals surface area contributed by atoms with Crippen molar-refractivity contribution in [1.82, 2.24) is 0 Å². The van der Waals surface area contributed by atoms with Gasteiger partial charge in [-0.05, 0) is 36.4 Å². The normalized spacial score (nSPS) is 14.9. The van der Waals surface area contributed by atoms with Crippen LogP contribution in [0.25, 0.3) is 0 Å². The molecule has 0 saturated carbocycles. The van der Waals surface area contributed by atoms with Crippen molar-refractivity contribution in [3.8, 4) is 5.75 Å². The number of anilines is 2. The van der Waals surface area contributed by atoms with Crippen molar-refractivity contribution < 1.29 is 35.9 Å². The Morgan fingerprint density at radius 1 is 1.07 bits per heavy atom. The van der Waals surface area contributed by atoms with Gasteiger partial charge in [0.1, 0.15) is 5.75 Å². The van der Waals surface area contributed by atoms with Gasteiger partial charge in [-0.2, -0.15) is 13.2 Å². The summed E-state index contributed by atoms with van der Waals surface area (Å²) in [6.45, 7) is 0. The molecular weight excluding hydrogens is 449 g/mol. The number of imide groups is 1. The van der Waals surface area contributed by atoms with Crippen LogP contribution in [0.5, 0.6) is 5.75 Å². The van der Waals surface area contributed by atoms with Crippen LogP contribution in [0, 0.1) is 0 Å². The maximum Gasteiger partial charge on any atom is 0.417 e. The zero-order valence-electron chi connectivity index (χ0n) is 15.3. The molecule has 0 aliphatic carbocycles. The van der Waals surface area contributed by atoms with Gasteiger partial charge in [0.15, 0.2) is 0 Å². The fraction of sp³-hybridized carbons (Fsp3) is 0.222. The van der Waals surface area contributed by atoms with Gasteiger partial charge in [0.25, 0.3) is 10.0 Å². The number of rotatable bonds is 5. The van der Waals surface area contributed by atoms with E-state index in [0.717, 1.165) is 29.2 Å². The average molecular weight is 463 g/mol. The average Bonchev–Trinajstić information content (AvgIpc) is 3.00. The van der Waals surface area contributed by atoms with Crippen molar-refractivity contribution >= 4 is 44.8 Å². The van der Waals surface area contributed by atoms with Crippen molar-refractivity contribution in [2.45, 2.75) is 23.9 Å². The molecule has 2 aromatic carbocycles. The van der Waals surface area contributed by atoms with E-state index in [9.17, 15) is 31.2 Å². The highest BCUT2D eigenvalue weighted by Crippen LogP contribution is 2.37. The third kappa shape index (κ3) is 4.21. The van der Waals surface area contributed by atoms with E-state index in [1.165, 1.54) is 13.2 Å². The van der Waals surface area contributed by atoms with Gasteiger partial charge in [-0.15, -0.1) is 0 Å². The van der Waals surface area contributed by atoms with Crippen molar-refractivity contribution in [3.63, 3.8) is 0 Å². The van der Waals surface area contributed by atoms with E-state index >= 15 is 0 Å². The first kappa shape index (κ1) is 21.9. The molecule has 1 saturated heterocycles. The van der Waals surface area contributed by atoms with E-state index in [-0.39, 0.29) is 34.9 Å². The molecule has 0 aromatic heterocycles. The third-order valence-corrected chi connectivity index (χ3v) is 5.99. The number of nitrogens with zero attached hydrogens (tertiary/aromatic N) is 1. The molecule has 1 aliphatic heterocycles. The molecule has 0 spiro atoms. The van der Waals surface area contributed by atoms with E-state index in [0.29, 0.717) is 6.07 Å². The van der Waals surface area contributed by atoms with Crippen LogP contribution in [-0.2, 0) is 25.8 Å². The molecule has 30 heavy (non-hydrogen) atoms. The van der Waals surface area contributed by atoms with Crippen LogP contribution >= 0.6 is 11.6 Å². The minimum atomic E-state index is -4.78. The number of sulfonamides is 1. The first-order valence-electron chi connectivity index (χ1n) is 8.37. The molecule has 0 bridgehead atoms. The second kappa shape index (κ2) is 7.80. The number of benzene rings is 2. The molecule has 0 unspecified atom stereocenters. The number of hydrogen-bond acceptors (Lipinski definition) is 5. The summed E-state index contributed by atoms with van der Waals surface area (Å²) in [4.78, 5) is 24.5. The molecule has 1 heterocycles. The monoisotopic (exact) mass is 462 g/mol. The van der Waals surface area contributed by atoms with Gasteiger partial charge in [0.2, 0.25) is 11.8 Å². The lowest BCUT2D eigenvalue weighted by atomic mass is 10.2. The van der Waals surface area contributed by atoms with Crippen molar-refractivity contribution in [2.24, 2.45) is 0 Å². The smallest absolute Gasteiger partial charge is 0.417 e. The Morgan fingerprint density at radius 3 is 2.27 bits per heavy atom. The first-order valence-corrected chi connectivity index (χ1v) is 10.2. The van der Waals surface area contributed by atoms with E-state index in [2.05, 4.69) is 0 Å². The van der Waals surface area contributed by atoms with Crippen molar-refractivity contribution in [2.75, 3.05) is 16.7 Å². The maximum atomic E-state index is 13.0. The second-order valence-electron chi connectivity index (χ2n) is 6.25. The summed E-state index contributed by atoms with van der Waals surface area (Å²) < 4.78 is 71.7. The first-order chi connectivity index (χ1) is 13.9. The molecule has 1 N–H and O–H groups in total. The van der Waals surface area contributed by atoms with Gasteiger partial charge in [-0.1, -0.05) is 11.6 Å². The summed E-state index contributed by atoms with van der Waals surface area (Å²) in [5.74, 6) is -0.954. The van der Waals surface area contributed by atoms with Crippen LogP contribution in [0.15, 0.2) is 41.3 Å². The minimum Gasteiger partial charge on any atom is -0.495 e. The van der Waals surface area contributed by atoms with Gasteiger partial charge < -0.3 is 4.74 Å². The van der Waals surface area contributed by atoms with Gasteiger partial charge >= 0.3 is 6.18 Å². The third-order valence-electron chi connectivity index (χ3n) is 4.28. The van der Waals surface area contributed by atoms with E-state index in [4.69, 9.17) is 16.3 Å². The number of carbonyl (C=O) groups excluding carboxylic acids is 2. The highest BCUT2D eigenvalue weighted by molar-refractivity contribution is 7.92. The predicted molar refractivity (Wildman–Crippen MR) is 102 cm³/mol. The fourth-order valence-corrected chi connectivity index (χ4v) is 4.17. The molecule has 0 radical (unpaired) electrons. The molecular formula is C18H14ClF3N2O5S. The summed E-state index contributed by atoms with van der Waals surface area (Å²) in [6.07, 6.45) is -4.83. The summed E-state index contributed by atoms with van der Waals surface area (Å²) in [6, 6.07) is 5.99. The lowest BCUT2D eigenvalue weighted by molar-refractivity contribution is -0.137. The highest BCUT2D eigenvalue weighted by atomic mass is 35.5. The van der Waals surface area contributed by atoms with E-state index in [1.807, 2.05) is 4.72 Å². The maximum absolute atomic E-state index is 13.0. The zero-order chi connectivity index (χ0) is 22.3. The predicted octanol–water partition coefficient (Wildman–Crippen LogP) is 3.82. The fourth-order valence-electron chi connectivity index (χ4n) is 2.88. The largest absolute Gasteiger partial charge is 0.495 e. The van der Waals surface area contributed by atoms with E-state index in [1.54, 1.807) is 0 Å². The summed E-state index contributed by atoms with van der Waals surface area (Å²) in [5, 5.41) is -0.580. The molecule has 12 heteroatoms. The minimum absolute atomic E-state index is 0.0256. The number of hydrogen-bond donors (Lipinski definition) is 1. The Hall–Kier alpha value is -2.79. The van der Waals surface area contributed by atoms with Crippen LogP contribution < -0.4 is 14.4 Å². The zero-order valence-corrected chi connectivity index (χ0v) is 16.9. The summed E-state index contributed by atoms with van der Waals surface area (Å²) in [7, 11) is -3.09. The van der Waals surface area contributed by atoms with Crippen LogP contribution in [0.2, 0.25) is 5.02 Å². The Bertz CT molecular complexity index is 1120. The van der Waals surface area contributed by atoms with Crippen LogP contribution in [0.4, 0.5) is 24.5 Å². The van der Waals surface area contributed by atoms with Gasteiger partial charge in [-0.3, -0.25) is 14.3 Å². The topological polar surface area (TPSA) is 92.8 Å². The van der Waals surface area contributed by atoms with E-state index < -0.39 is 38.6 Å². The lowest BCUT2D eigenvalue weighted by Crippen LogP contribution is -2.29. The summed E-state index contributed by atoms with van der Waals surface area (Å²) in [5.41, 5.74) is -1.63. The van der Waals surface area contributed by atoms with Crippen LogP contribution in [-0.4, -0.2) is 27.3 Å². The molecule has 3 rings (SSSR count). The molecule has 2 aromatic rings. The second-order valence-corrected chi connectivity index (χ2v) is 8.34. The quantitative estimate of drug-likeness (QED) is 0.682. The molecule has 7 nitrogen and oxygen atoms in total. The van der Waals surface area contributed by atoms with Gasteiger partial charge in [0.05, 0.1) is 28.3 Å². The van der Waals surface area contributed by atoms with Crippen LogP contribution in [0.3, 0.4) is 0 Å². The molecule has 0 atom stereocenters. The van der Waals surface area contributed by atoms with Crippen molar-refractivity contribution in [3.05, 3.63) is 47.0 Å². The molecule has 1 fully saturated rings. The Kier molecular flexibility index (Phi) is 5.70. The number of amides is 2. The summed E-state index contributed by atoms with van der Waals surface area (Å²) >= 11 is 5.54.